The molecule has 0 fully saturated rings. The Morgan fingerprint density at radius 1 is 1.00 bits per heavy atom. The van der Waals surface area contributed by atoms with Crippen molar-refractivity contribution in [2.75, 3.05) is 36.5 Å². The number of nitro benzene ring substituents is 1. The molecule has 0 aliphatic heterocycles. The fraction of sp³-hybridized carbons (Fsp3) is 0.400. The molecule has 2 aromatic carbocycles. The van der Waals surface area contributed by atoms with E-state index in [1.807, 2.05) is 6.92 Å². The number of hydrogen-bond donors (Lipinski definition) is 3. The zero-order chi connectivity index (χ0) is 28.5. The molecule has 37 heavy (non-hydrogen) atoms. The highest BCUT2D eigenvalue weighted by atomic mass is 16.6. The van der Waals surface area contributed by atoms with Crippen molar-refractivity contribution in [3.05, 3.63) is 51.1 Å². The molecule has 0 heterocycles. The number of nitrogens with zero attached hydrogens (tertiary/aromatic N) is 4. The third kappa shape index (κ3) is 11.1. The summed E-state index contributed by atoms with van der Waals surface area (Å²) in [5, 5.41) is 41.1. The van der Waals surface area contributed by atoms with Crippen molar-refractivity contribution in [3.63, 3.8) is 0 Å². The summed E-state index contributed by atoms with van der Waals surface area (Å²) in [6.45, 7) is 9.95. The highest BCUT2D eigenvalue weighted by Gasteiger charge is 2.18. The number of rotatable bonds is 9. The Hall–Kier alpha value is -4.03. The van der Waals surface area contributed by atoms with Gasteiger partial charge in [-0.05, 0) is 63.4 Å². The van der Waals surface area contributed by atoms with Crippen molar-refractivity contribution in [2.24, 2.45) is 10.2 Å². The Balaban J connectivity index is 0.00000196. The van der Waals surface area contributed by atoms with Gasteiger partial charge < -0.3 is 30.0 Å². The van der Waals surface area contributed by atoms with E-state index in [1.54, 1.807) is 36.9 Å². The van der Waals surface area contributed by atoms with Crippen molar-refractivity contribution >= 4 is 46.9 Å². The van der Waals surface area contributed by atoms with Gasteiger partial charge >= 0.3 is 0 Å². The van der Waals surface area contributed by atoms with Gasteiger partial charge in [0.2, 0.25) is 5.91 Å². The van der Waals surface area contributed by atoms with Gasteiger partial charge in [-0.15, -0.1) is 10.2 Å². The van der Waals surface area contributed by atoms with Gasteiger partial charge in [0.15, 0.2) is 5.69 Å². The zero-order valence-corrected chi connectivity index (χ0v) is 22.0. The first kappa shape index (κ1) is 33.0. The number of benzene rings is 2. The zero-order valence-electron chi connectivity index (χ0n) is 22.0. The summed E-state index contributed by atoms with van der Waals surface area (Å²) >= 11 is 0. The van der Waals surface area contributed by atoms with Gasteiger partial charge in [-0.1, -0.05) is 6.07 Å². The van der Waals surface area contributed by atoms with Crippen LogP contribution in [0.4, 0.5) is 28.4 Å². The summed E-state index contributed by atoms with van der Waals surface area (Å²) < 4.78 is 0. The van der Waals surface area contributed by atoms with E-state index in [0.717, 1.165) is 23.7 Å². The number of nitro groups is 1. The second-order valence-electron chi connectivity index (χ2n) is 7.65. The predicted molar refractivity (Wildman–Crippen MR) is 142 cm³/mol. The van der Waals surface area contributed by atoms with Crippen LogP contribution in [0.25, 0.3) is 0 Å². The lowest BCUT2D eigenvalue weighted by atomic mass is 10.1. The summed E-state index contributed by atoms with van der Waals surface area (Å²) in [5.74, 6) is -0.320. The van der Waals surface area contributed by atoms with E-state index in [9.17, 15) is 25.1 Å². The molecule has 1 amide bonds. The van der Waals surface area contributed by atoms with E-state index in [2.05, 4.69) is 15.5 Å². The monoisotopic (exact) mass is 517 g/mol. The first-order valence-electron chi connectivity index (χ1n) is 11.4. The summed E-state index contributed by atoms with van der Waals surface area (Å²) in [6.07, 6.45) is 1.50. The Bertz CT molecular complexity index is 1090. The second-order valence-corrected chi connectivity index (χ2v) is 7.65. The molecule has 0 aliphatic rings. The largest absolute Gasteiger partial charge is 0.395 e. The molecule has 0 saturated carbocycles. The maximum absolute atomic E-state index is 11.7. The minimum Gasteiger partial charge on any atom is -0.395 e. The third-order valence-electron chi connectivity index (χ3n) is 4.58. The number of azo groups is 1. The number of aliphatic hydroxyl groups is 2. The van der Waals surface area contributed by atoms with Crippen LogP contribution in [0.5, 0.6) is 0 Å². The lowest BCUT2D eigenvalue weighted by Gasteiger charge is -2.26. The van der Waals surface area contributed by atoms with Crippen LogP contribution in [0.3, 0.4) is 0 Å². The molecule has 3 N–H and O–H groups in total. The Morgan fingerprint density at radius 3 is 2.00 bits per heavy atom. The number of aldehydes is 2. The van der Waals surface area contributed by atoms with Gasteiger partial charge in [0.25, 0.3) is 5.69 Å². The fourth-order valence-corrected chi connectivity index (χ4v) is 3.30. The Morgan fingerprint density at radius 2 is 1.54 bits per heavy atom. The van der Waals surface area contributed by atoms with Crippen molar-refractivity contribution in [1.82, 2.24) is 0 Å². The molecular weight excluding hydrogens is 482 g/mol. The lowest BCUT2D eigenvalue weighted by Crippen LogP contribution is -2.30. The van der Waals surface area contributed by atoms with Crippen LogP contribution in [0.15, 0.2) is 34.5 Å². The number of amides is 1. The van der Waals surface area contributed by atoms with Crippen molar-refractivity contribution in [3.8, 4) is 0 Å². The number of nitrogens with one attached hydrogen (secondary N) is 1. The maximum Gasteiger partial charge on any atom is 0.297 e. The van der Waals surface area contributed by atoms with E-state index < -0.39 is 4.92 Å². The molecule has 0 aromatic heterocycles. The molecule has 0 spiro atoms. The normalized spacial score (nSPS) is 9.95. The molecule has 202 valence electrons. The average Bonchev–Trinajstić information content (AvgIpc) is 2.80. The van der Waals surface area contributed by atoms with Crippen LogP contribution in [0, 0.1) is 30.9 Å². The van der Waals surface area contributed by atoms with Crippen LogP contribution in [-0.2, 0) is 14.4 Å². The van der Waals surface area contributed by atoms with Crippen LogP contribution >= 0.6 is 0 Å². The molecule has 0 aliphatic carbocycles. The molecule has 12 nitrogen and oxygen atoms in total. The fourth-order valence-electron chi connectivity index (χ4n) is 3.30. The highest BCUT2D eigenvalue weighted by molar-refractivity contribution is 5.93. The molecular formula is C25H35N5O7. The molecule has 12 heteroatoms. The van der Waals surface area contributed by atoms with Gasteiger partial charge in [-0.2, -0.15) is 0 Å². The van der Waals surface area contributed by atoms with E-state index in [-0.39, 0.29) is 30.5 Å². The number of anilines is 2. The van der Waals surface area contributed by atoms with Crippen molar-refractivity contribution in [2.45, 2.75) is 41.5 Å². The topological polar surface area (TPSA) is 175 Å². The summed E-state index contributed by atoms with van der Waals surface area (Å²) in [5.41, 5.74) is 3.55. The number of carbonyl (C=O) groups is 3. The maximum atomic E-state index is 11.7. The van der Waals surface area contributed by atoms with E-state index >= 15 is 0 Å². The summed E-state index contributed by atoms with van der Waals surface area (Å²) in [6, 6.07) is 6.60. The number of aryl methyl sites for hydroxylation is 3. The molecule has 0 bridgehead atoms. The lowest BCUT2D eigenvalue weighted by molar-refractivity contribution is -0.384. The number of hydrogen-bond acceptors (Lipinski definition) is 10. The molecule has 0 atom stereocenters. The molecule has 0 saturated heterocycles. The quantitative estimate of drug-likeness (QED) is 0.193. The third-order valence-corrected chi connectivity index (χ3v) is 4.58. The van der Waals surface area contributed by atoms with E-state index in [4.69, 9.17) is 9.59 Å². The van der Waals surface area contributed by atoms with Crippen molar-refractivity contribution < 1.29 is 29.5 Å². The number of carbonyl (C=O) groups excluding carboxylic acids is 3. The van der Waals surface area contributed by atoms with Crippen LogP contribution in [0.2, 0.25) is 0 Å². The minimum atomic E-state index is -0.501. The van der Waals surface area contributed by atoms with Crippen LogP contribution < -0.4 is 10.2 Å². The summed E-state index contributed by atoms with van der Waals surface area (Å²) in [4.78, 5) is 42.1. The van der Waals surface area contributed by atoms with Gasteiger partial charge in [0.1, 0.15) is 18.3 Å². The number of aliphatic hydroxyl groups excluding tert-OH is 2. The Kier molecular flexibility index (Phi) is 15.5. The van der Waals surface area contributed by atoms with Crippen LogP contribution in [0.1, 0.15) is 37.5 Å². The SMILES string of the molecule is CC(=O)Nc1cc(N(CCO)CCO)c(C)cc1N=Nc1c(C)cc(C)cc1[N+](=O)[O-].CC=O.CC=O. The minimum absolute atomic E-state index is 0.104. The van der Waals surface area contributed by atoms with E-state index in [1.165, 1.54) is 26.8 Å². The standard InChI is InChI=1S/C21H27N5O5.2C2H4O/c1-13-9-15(3)21(20(10-13)26(30)31)24-23-18-11-14(2)19(12-17(18)22-16(4)29)25(5-7-27)6-8-28;2*1-2-3/h9-12,27-28H,5-8H2,1-4H3,(H,22,29);2*2H,1H3. The molecule has 0 radical (unpaired) electrons. The first-order valence-corrected chi connectivity index (χ1v) is 11.4. The van der Waals surface area contributed by atoms with Gasteiger partial charge in [0, 0.05) is 31.8 Å². The average molecular weight is 518 g/mol. The first-order chi connectivity index (χ1) is 17.5. The molecule has 2 aromatic rings. The van der Waals surface area contributed by atoms with Gasteiger partial charge in [-0.3, -0.25) is 14.9 Å². The van der Waals surface area contributed by atoms with Crippen LogP contribution in [-0.4, -0.2) is 59.9 Å². The molecule has 0 unspecified atom stereocenters. The Labute approximate surface area is 216 Å². The van der Waals surface area contributed by atoms with Gasteiger partial charge in [-0.25, -0.2) is 0 Å². The highest BCUT2D eigenvalue weighted by Crippen LogP contribution is 2.37. The predicted octanol–water partition coefficient (Wildman–Crippen LogP) is 4.10. The smallest absolute Gasteiger partial charge is 0.297 e. The van der Waals surface area contributed by atoms with Crippen molar-refractivity contribution in [1.29, 1.82) is 0 Å². The molecule has 2 rings (SSSR count). The van der Waals surface area contributed by atoms with E-state index in [0.29, 0.717) is 35.7 Å². The summed E-state index contributed by atoms with van der Waals surface area (Å²) in [7, 11) is 0. The second kappa shape index (κ2) is 17.4. The van der Waals surface area contributed by atoms with Gasteiger partial charge in [0.05, 0.1) is 23.8 Å².